The van der Waals surface area contributed by atoms with Crippen LogP contribution in [0.3, 0.4) is 0 Å². The van der Waals surface area contributed by atoms with Crippen LogP contribution in [0.5, 0.6) is 0 Å². The fourth-order valence-corrected chi connectivity index (χ4v) is 2.71. The van der Waals surface area contributed by atoms with Crippen LogP contribution in [0.2, 0.25) is 0 Å². The van der Waals surface area contributed by atoms with E-state index in [4.69, 9.17) is 0 Å². The van der Waals surface area contributed by atoms with Crippen LogP contribution < -0.4 is 5.32 Å². The van der Waals surface area contributed by atoms with Crippen molar-refractivity contribution in [2.24, 2.45) is 0 Å². The highest BCUT2D eigenvalue weighted by Crippen LogP contribution is 2.17. The van der Waals surface area contributed by atoms with Crippen molar-refractivity contribution in [3.63, 3.8) is 0 Å². The highest BCUT2D eigenvalue weighted by molar-refractivity contribution is 7.10. The molecule has 1 N–H and O–H groups in total. The van der Waals surface area contributed by atoms with E-state index in [1.54, 1.807) is 22.7 Å². The second-order valence-electron chi connectivity index (χ2n) is 3.47. The van der Waals surface area contributed by atoms with Gasteiger partial charge in [-0.2, -0.15) is 0 Å². The molecule has 0 aliphatic carbocycles. The van der Waals surface area contributed by atoms with Crippen molar-refractivity contribution in [2.75, 3.05) is 0 Å². The van der Waals surface area contributed by atoms with Gasteiger partial charge in [0, 0.05) is 22.8 Å². The highest BCUT2D eigenvalue weighted by atomic mass is 32.1. The topological polar surface area (TPSA) is 24.9 Å². The summed E-state index contributed by atoms with van der Waals surface area (Å²) in [7, 11) is 0. The number of rotatable bonds is 4. The Bertz CT molecular complexity index is 406. The molecular formula is C11H14N2S2. The van der Waals surface area contributed by atoms with E-state index in [0.29, 0.717) is 6.04 Å². The Morgan fingerprint density at radius 2 is 2.33 bits per heavy atom. The van der Waals surface area contributed by atoms with Gasteiger partial charge in [0.15, 0.2) is 0 Å². The Labute approximate surface area is 98.0 Å². The lowest BCUT2D eigenvalue weighted by molar-refractivity contribution is 0.567. The summed E-state index contributed by atoms with van der Waals surface area (Å²) in [5.74, 6) is 0. The smallest absolute Gasteiger partial charge is 0.0898 e. The minimum Gasteiger partial charge on any atom is -0.304 e. The van der Waals surface area contributed by atoms with Gasteiger partial charge in [-0.25, -0.2) is 4.98 Å². The van der Waals surface area contributed by atoms with E-state index in [9.17, 15) is 0 Å². The molecule has 1 unspecified atom stereocenters. The number of thiazole rings is 1. The Kier molecular flexibility index (Phi) is 3.51. The lowest BCUT2D eigenvalue weighted by Gasteiger charge is -2.09. The maximum atomic E-state index is 4.47. The van der Waals surface area contributed by atoms with Gasteiger partial charge >= 0.3 is 0 Å². The standard InChI is InChI=1S/C11H14N2S2/c1-8(11-7-15-9(2)13-11)12-6-10-4-3-5-14-10/h3-5,7-8,12H,6H2,1-2H3. The monoisotopic (exact) mass is 238 g/mol. The molecule has 80 valence electrons. The molecule has 0 saturated carbocycles. The van der Waals surface area contributed by atoms with E-state index in [1.165, 1.54) is 4.88 Å². The van der Waals surface area contributed by atoms with E-state index < -0.39 is 0 Å². The second-order valence-corrected chi connectivity index (χ2v) is 5.57. The number of nitrogens with one attached hydrogen (secondary N) is 1. The summed E-state index contributed by atoms with van der Waals surface area (Å²) < 4.78 is 0. The Morgan fingerprint density at radius 1 is 1.47 bits per heavy atom. The predicted molar refractivity (Wildman–Crippen MR) is 66.4 cm³/mol. The molecule has 0 aliphatic rings. The Hall–Kier alpha value is -0.710. The van der Waals surface area contributed by atoms with Crippen molar-refractivity contribution in [1.82, 2.24) is 10.3 Å². The van der Waals surface area contributed by atoms with Gasteiger partial charge in [-0.3, -0.25) is 0 Å². The summed E-state index contributed by atoms with van der Waals surface area (Å²) in [6, 6.07) is 4.56. The molecule has 2 rings (SSSR count). The maximum Gasteiger partial charge on any atom is 0.0898 e. The minimum atomic E-state index is 0.331. The summed E-state index contributed by atoms with van der Waals surface area (Å²) in [6.07, 6.45) is 0. The maximum absolute atomic E-state index is 4.47. The van der Waals surface area contributed by atoms with Gasteiger partial charge in [-0.1, -0.05) is 6.07 Å². The van der Waals surface area contributed by atoms with Gasteiger partial charge in [-0.05, 0) is 25.3 Å². The molecule has 0 fully saturated rings. The third-order valence-electron chi connectivity index (χ3n) is 2.24. The Balaban J connectivity index is 1.90. The van der Waals surface area contributed by atoms with Crippen LogP contribution in [-0.2, 0) is 6.54 Å². The van der Waals surface area contributed by atoms with Crippen molar-refractivity contribution >= 4 is 22.7 Å². The van der Waals surface area contributed by atoms with E-state index in [0.717, 1.165) is 17.2 Å². The molecule has 0 radical (unpaired) electrons. The molecule has 15 heavy (non-hydrogen) atoms. The molecule has 0 amide bonds. The van der Waals surface area contributed by atoms with Gasteiger partial charge in [0.05, 0.1) is 10.7 Å². The zero-order valence-electron chi connectivity index (χ0n) is 8.86. The molecule has 4 heteroatoms. The number of hydrogen-bond donors (Lipinski definition) is 1. The van der Waals surface area contributed by atoms with E-state index in [1.807, 2.05) is 6.92 Å². The van der Waals surface area contributed by atoms with Crippen LogP contribution in [0.15, 0.2) is 22.9 Å². The second kappa shape index (κ2) is 4.88. The zero-order valence-corrected chi connectivity index (χ0v) is 10.5. The molecule has 0 aliphatic heterocycles. The molecule has 2 aromatic heterocycles. The minimum absolute atomic E-state index is 0.331. The number of hydrogen-bond acceptors (Lipinski definition) is 4. The van der Waals surface area contributed by atoms with Gasteiger partial charge < -0.3 is 5.32 Å². The predicted octanol–water partition coefficient (Wildman–Crippen LogP) is 3.36. The largest absolute Gasteiger partial charge is 0.304 e. The fourth-order valence-electron chi connectivity index (χ4n) is 1.35. The SMILES string of the molecule is Cc1nc(C(C)NCc2cccs2)cs1. The van der Waals surface area contributed by atoms with Crippen LogP contribution >= 0.6 is 22.7 Å². The van der Waals surface area contributed by atoms with Gasteiger partial charge in [0.2, 0.25) is 0 Å². The molecule has 0 aromatic carbocycles. The first kappa shape index (κ1) is 10.8. The number of nitrogens with zero attached hydrogens (tertiary/aromatic N) is 1. The summed E-state index contributed by atoms with van der Waals surface area (Å²) in [4.78, 5) is 5.84. The molecular weight excluding hydrogens is 224 g/mol. The normalized spacial score (nSPS) is 12.9. The molecule has 2 aromatic rings. The molecule has 2 heterocycles. The average Bonchev–Trinajstić information content (AvgIpc) is 2.84. The molecule has 0 bridgehead atoms. The van der Waals surface area contributed by atoms with Crippen LogP contribution in [0.25, 0.3) is 0 Å². The van der Waals surface area contributed by atoms with Crippen molar-refractivity contribution in [3.8, 4) is 0 Å². The molecule has 0 spiro atoms. The van der Waals surface area contributed by atoms with Crippen molar-refractivity contribution < 1.29 is 0 Å². The van der Waals surface area contributed by atoms with Crippen LogP contribution in [0, 0.1) is 6.92 Å². The van der Waals surface area contributed by atoms with E-state index in [-0.39, 0.29) is 0 Å². The third-order valence-corrected chi connectivity index (χ3v) is 3.91. The van der Waals surface area contributed by atoms with Crippen LogP contribution in [0.1, 0.15) is 28.5 Å². The van der Waals surface area contributed by atoms with E-state index >= 15 is 0 Å². The average molecular weight is 238 g/mol. The van der Waals surface area contributed by atoms with Gasteiger partial charge in [-0.15, -0.1) is 22.7 Å². The van der Waals surface area contributed by atoms with Crippen LogP contribution in [0.4, 0.5) is 0 Å². The summed E-state index contributed by atoms with van der Waals surface area (Å²) >= 11 is 3.49. The fraction of sp³-hybridized carbons (Fsp3) is 0.364. The van der Waals surface area contributed by atoms with Gasteiger partial charge in [0.1, 0.15) is 0 Å². The molecule has 2 nitrogen and oxygen atoms in total. The highest BCUT2D eigenvalue weighted by Gasteiger charge is 2.07. The quantitative estimate of drug-likeness (QED) is 0.883. The third kappa shape index (κ3) is 2.87. The lowest BCUT2D eigenvalue weighted by Crippen LogP contribution is -2.17. The summed E-state index contributed by atoms with van der Waals surface area (Å²) in [5, 5.41) is 8.84. The molecule has 1 atom stereocenters. The first-order valence-corrected chi connectivity index (χ1v) is 6.69. The number of thiophene rings is 1. The first-order valence-electron chi connectivity index (χ1n) is 4.93. The first-order chi connectivity index (χ1) is 7.25. The van der Waals surface area contributed by atoms with Gasteiger partial charge in [0.25, 0.3) is 0 Å². The Morgan fingerprint density at radius 3 is 2.93 bits per heavy atom. The summed E-state index contributed by atoms with van der Waals surface area (Å²) in [5.41, 5.74) is 1.15. The van der Waals surface area contributed by atoms with Crippen molar-refractivity contribution in [2.45, 2.75) is 26.4 Å². The number of aryl methyl sites for hydroxylation is 1. The lowest BCUT2D eigenvalue weighted by atomic mass is 10.2. The molecule has 0 saturated heterocycles. The zero-order chi connectivity index (χ0) is 10.7. The number of aromatic nitrogens is 1. The van der Waals surface area contributed by atoms with Crippen LogP contribution in [-0.4, -0.2) is 4.98 Å². The van der Waals surface area contributed by atoms with Crippen molar-refractivity contribution in [1.29, 1.82) is 0 Å². The van der Waals surface area contributed by atoms with Crippen molar-refractivity contribution in [3.05, 3.63) is 38.5 Å². The van der Waals surface area contributed by atoms with E-state index in [2.05, 4.69) is 40.1 Å². The summed E-state index contributed by atoms with van der Waals surface area (Å²) in [6.45, 7) is 5.12.